The topological polar surface area (TPSA) is 86.7 Å². The van der Waals surface area contributed by atoms with Crippen LogP contribution in [0.2, 0.25) is 0 Å². The van der Waals surface area contributed by atoms with Crippen LogP contribution in [0.15, 0.2) is 65.6 Å². The molecule has 0 aromatic heterocycles. The Kier molecular flexibility index (Phi) is 6.26. The average molecular weight is 388 g/mol. The highest BCUT2D eigenvalue weighted by atomic mass is 32.2. The molecule has 1 saturated heterocycles. The monoisotopic (exact) mass is 388 g/mol. The van der Waals surface area contributed by atoms with Crippen LogP contribution in [0.5, 0.6) is 0 Å². The van der Waals surface area contributed by atoms with Crippen molar-refractivity contribution in [2.24, 2.45) is 5.92 Å². The van der Waals surface area contributed by atoms with Crippen molar-refractivity contribution in [1.29, 1.82) is 0 Å². The average Bonchev–Trinajstić information content (AvgIpc) is 2.73. The molecular weight excluding hydrogens is 364 g/mol. The lowest BCUT2D eigenvalue weighted by molar-refractivity contribution is -0.126. The zero-order valence-corrected chi connectivity index (χ0v) is 15.8. The maximum absolute atomic E-state index is 12.8. The van der Waals surface area contributed by atoms with Gasteiger partial charge >= 0.3 is 0 Å². The Morgan fingerprint density at radius 2 is 1.74 bits per heavy atom. The highest BCUT2D eigenvalue weighted by Crippen LogP contribution is 2.24. The number of hydrogen-bond donors (Lipinski definition) is 2. The van der Waals surface area contributed by atoms with Crippen molar-refractivity contribution in [1.82, 2.24) is 9.62 Å². The lowest BCUT2D eigenvalue weighted by Crippen LogP contribution is -2.46. The van der Waals surface area contributed by atoms with Gasteiger partial charge in [-0.15, -0.1) is 0 Å². The minimum Gasteiger partial charge on any atom is -0.387 e. The zero-order chi connectivity index (χ0) is 19.3. The Morgan fingerprint density at radius 3 is 2.41 bits per heavy atom. The molecule has 144 valence electrons. The largest absolute Gasteiger partial charge is 0.387 e. The first kappa shape index (κ1) is 19.5. The number of nitrogens with one attached hydrogen (secondary N) is 1. The molecule has 1 amide bonds. The summed E-state index contributed by atoms with van der Waals surface area (Å²) in [5.41, 5.74) is 0.731. The highest BCUT2D eigenvalue weighted by molar-refractivity contribution is 7.89. The standard InChI is InChI=1S/C20H24N2O4S/c23-19(16-8-3-1-4-9-16)14-21-20(24)17-10-7-13-22(15-17)27(25,26)18-11-5-2-6-12-18/h1-6,8-9,11-12,17,19,23H,7,10,13-15H2,(H,21,24)/t17-,19+/m0/s1. The molecule has 1 fully saturated rings. The van der Waals surface area contributed by atoms with E-state index in [4.69, 9.17) is 0 Å². The first-order chi connectivity index (χ1) is 13.0. The molecule has 2 atom stereocenters. The van der Waals surface area contributed by atoms with Gasteiger partial charge in [0.15, 0.2) is 0 Å². The fraction of sp³-hybridized carbons (Fsp3) is 0.350. The number of rotatable bonds is 6. The molecular formula is C20H24N2O4S. The van der Waals surface area contributed by atoms with E-state index in [2.05, 4.69) is 5.32 Å². The number of aliphatic hydroxyl groups excluding tert-OH is 1. The van der Waals surface area contributed by atoms with Crippen LogP contribution in [-0.2, 0) is 14.8 Å². The number of carbonyl (C=O) groups is 1. The summed E-state index contributed by atoms with van der Waals surface area (Å²) in [6.45, 7) is 0.670. The van der Waals surface area contributed by atoms with Crippen LogP contribution in [0.3, 0.4) is 0 Å². The molecule has 6 nitrogen and oxygen atoms in total. The highest BCUT2D eigenvalue weighted by Gasteiger charge is 2.33. The first-order valence-electron chi connectivity index (χ1n) is 9.04. The Bertz CT molecular complexity index is 856. The van der Waals surface area contributed by atoms with Gasteiger partial charge in [0, 0.05) is 19.6 Å². The third-order valence-corrected chi connectivity index (χ3v) is 6.67. The second-order valence-electron chi connectivity index (χ2n) is 6.69. The van der Waals surface area contributed by atoms with E-state index in [1.54, 1.807) is 42.5 Å². The van der Waals surface area contributed by atoms with Crippen molar-refractivity contribution in [2.75, 3.05) is 19.6 Å². The Labute approximate surface area is 159 Å². The molecule has 2 N–H and O–H groups in total. The molecule has 0 bridgehead atoms. The normalized spacial score (nSPS) is 19.4. The summed E-state index contributed by atoms with van der Waals surface area (Å²) < 4.78 is 26.9. The minimum absolute atomic E-state index is 0.102. The summed E-state index contributed by atoms with van der Waals surface area (Å²) >= 11 is 0. The van der Waals surface area contributed by atoms with Crippen molar-refractivity contribution in [3.63, 3.8) is 0 Å². The van der Waals surface area contributed by atoms with E-state index in [1.165, 1.54) is 4.31 Å². The number of hydrogen-bond acceptors (Lipinski definition) is 4. The molecule has 0 spiro atoms. The maximum Gasteiger partial charge on any atom is 0.243 e. The molecule has 1 heterocycles. The molecule has 1 aliphatic heterocycles. The van der Waals surface area contributed by atoms with E-state index in [1.807, 2.05) is 18.2 Å². The number of amides is 1. The molecule has 0 radical (unpaired) electrons. The van der Waals surface area contributed by atoms with Gasteiger partial charge in [0.1, 0.15) is 0 Å². The summed E-state index contributed by atoms with van der Waals surface area (Å²) in [5, 5.41) is 12.9. The maximum atomic E-state index is 12.8. The van der Waals surface area contributed by atoms with Crippen molar-refractivity contribution in [3.05, 3.63) is 66.2 Å². The van der Waals surface area contributed by atoms with Gasteiger partial charge in [0.25, 0.3) is 0 Å². The number of piperidine rings is 1. The van der Waals surface area contributed by atoms with Crippen LogP contribution in [0, 0.1) is 5.92 Å². The fourth-order valence-corrected chi connectivity index (χ4v) is 4.80. The number of aliphatic hydroxyl groups is 1. The first-order valence-corrected chi connectivity index (χ1v) is 10.5. The predicted octanol–water partition coefficient (Wildman–Crippen LogP) is 1.94. The second kappa shape index (κ2) is 8.65. The molecule has 2 aromatic carbocycles. The molecule has 3 rings (SSSR count). The predicted molar refractivity (Wildman–Crippen MR) is 102 cm³/mol. The van der Waals surface area contributed by atoms with Crippen LogP contribution in [-0.4, -0.2) is 43.4 Å². The van der Waals surface area contributed by atoms with Crippen molar-refractivity contribution < 1.29 is 18.3 Å². The quantitative estimate of drug-likeness (QED) is 0.792. The Balaban J connectivity index is 1.60. The van der Waals surface area contributed by atoms with E-state index in [-0.39, 0.29) is 23.9 Å². The number of sulfonamides is 1. The van der Waals surface area contributed by atoms with Crippen LogP contribution in [0.4, 0.5) is 0 Å². The van der Waals surface area contributed by atoms with Crippen LogP contribution in [0.1, 0.15) is 24.5 Å². The second-order valence-corrected chi connectivity index (χ2v) is 8.62. The van der Waals surface area contributed by atoms with Gasteiger partial charge in [-0.3, -0.25) is 4.79 Å². The lowest BCUT2D eigenvalue weighted by atomic mass is 9.98. The van der Waals surface area contributed by atoms with Crippen molar-refractivity contribution in [2.45, 2.75) is 23.8 Å². The molecule has 0 aliphatic carbocycles. The number of nitrogens with zero attached hydrogens (tertiary/aromatic N) is 1. The third kappa shape index (κ3) is 4.74. The van der Waals surface area contributed by atoms with E-state index in [0.717, 1.165) is 5.56 Å². The third-order valence-electron chi connectivity index (χ3n) is 4.79. The van der Waals surface area contributed by atoms with Crippen LogP contribution >= 0.6 is 0 Å². The Morgan fingerprint density at radius 1 is 1.11 bits per heavy atom. The van der Waals surface area contributed by atoms with E-state index < -0.39 is 22.0 Å². The molecule has 1 aliphatic rings. The molecule has 0 saturated carbocycles. The van der Waals surface area contributed by atoms with Crippen molar-refractivity contribution >= 4 is 15.9 Å². The molecule has 2 aromatic rings. The number of carbonyl (C=O) groups excluding carboxylic acids is 1. The summed E-state index contributed by atoms with van der Waals surface area (Å²) in [4.78, 5) is 12.7. The smallest absolute Gasteiger partial charge is 0.243 e. The van der Waals surface area contributed by atoms with Gasteiger partial charge in [-0.25, -0.2) is 8.42 Å². The van der Waals surface area contributed by atoms with Gasteiger partial charge in [0.2, 0.25) is 15.9 Å². The van der Waals surface area contributed by atoms with Gasteiger partial charge in [-0.05, 0) is 30.5 Å². The van der Waals surface area contributed by atoms with E-state index >= 15 is 0 Å². The summed E-state index contributed by atoms with van der Waals surface area (Å²) in [7, 11) is -3.60. The molecule has 0 unspecified atom stereocenters. The zero-order valence-electron chi connectivity index (χ0n) is 15.0. The van der Waals surface area contributed by atoms with Gasteiger partial charge in [-0.1, -0.05) is 48.5 Å². The molecule has 7 heteroatoms. The minimum atomic E-state index is -3.60. The SMILES string of the molecule is O=C(NC[C@@H](O)c1ccccc1)[C@H]1CCCN(S(=O)(=O)c2ccccc2)C1. The van der Waals surface area contributed by atoms with E-state index in [0.29, 0.717) is 19.4 Å². The Hall–Kier alpha value is -2.22. The van der Waals surface area contributed by atoms with Crippen LogP contribution in [0.25, 0.3) is 0 Å². The summed E-state index contributed by atoms with van der Waals surface area (Å²) in [5.74, 6) is -0.641. The fourth-order valence-electron chi connectivity index (χ4n) is 3.25. The van der Waals surface area contributed by atoms with Crippen LogP contribution < -0.4 is 5.32 Å². The molecule has 27 heavy (non-hydrogen) atoms. The lowest BCUT2D eigenvalue weighted by Gasteiger charge is -2.31. The van der Waals surface area contributed by atoms with E-state index in [9.17, 15) is 18.3 Å². The number of benzene rings is 2. The van der Waals surface area contributed by atoms with Gasteiger partial charge in [0.05, 0.1) is 16.9 Å². The van der Waals surface area contributed by atoms with Gasteiger partial charge in [-0.2, -0.15) is 4.31 Å². The van der Waals surface area contributed by atoms with Crippen molar-refractivity contribution in [3.8, 4) is 0 Å². The van der Waals surface area contributed by atoms with Gasteiger partial charge < -0.3 is 10.4 Å². The summed E-state index contributed by atoms with van der Waals surface area (Å²) in [6, 6.07) is 17.4. The summed E-state index contributed by atoms with van der Waals surface area (Å²) in [6.07, 6.45) is 0.474.